The predicted octanol–water partition coefficient (Wildman–Crippen LogP) is 5.91. The van der Waals surface area contributed by atoms with E-state index in [1.54, 1.807) is 7.11 Å². The van der Waals surface area contributed by atoms with Crippen LogP contribution in [0.25, 0.3) is 21.8 Å². The summed E-state index contributed by atoms with van der Waals surface area (Å²) in [6, 6.07) is 12.0. The van der Waals surface area contributed by atoms with E-state index in [9.17, 15) is 0 Å². The quantitative estimate of drug-likeness (QED) is 0.357. The van der Waals surface area contributed by atoms with Gasteiger partial charge in [0.15, 0.2) is 0 Å². The summed E-state index contributed by atoms with van der Waals surface area (Å²) in [5.74, 6) is 1.89. The number of ether oxygens (including phenoxy) is 1. The molecule has 26 heavy (non-hydrogen) atoms. The summed E-state index contributed by atoms with van der Waals surface area (Å²) in [4.78, 5) is 8.48. The number of nitrogens with zero attached hydrogens (tertiary/aromatic N) is 2. The van der Waals surface area contributed by atoms with Gasteiger partial charge in [-0.1, -0.05) is 31.5 Å². The molecule has 140 valence electrons. The molecule has 6 heteroatoms. The molecule has 0 amide bonds. The molecule has 0 aliphatic heterocycles. The highest BCUT2D eigenvalue weighted by Crippen LogP contribution is 2.36. The Bertz CT molecular complexity index is 884. The van der Waals surface area contributed by atoms with Crippen LogP contribution in [0, 0.1) is 0 Å². The fourth-order valence-corrected chi connectivity index (χ4v) is 4.32. The molecule has 0 radical (unpaired) electrons. The Hall–Kier alpha value is -1.20. The molecule has 0 saturated carbocycles. The zero-order chi connectivity index (χ0) is 17.8. The molecule has 3 rings (SSSR count). The fraction of sp³-hybridized carbons (Fsp3) is 0.350. The molecule has 0 atom stereocenters. The first-order valence-corrected chi connectivity index (χ1v) is 9.94. The minimum Gasteiger partial charge on any atom is -0.497 e. The standard InChI is InChI=1S/C20H23ClN2OS.ClH/c1-4-23(5-2)10-11-25-20-16-8-6-14(21)12-19(16)22-18-9-7-15(24-3)13-17(18)20;/h6-9,12-13H,4-5,10-11H2,1-3H3;1H. The lowest BCUT2D eigenvalue weighted by molar-refractivity contribution is 0.324. The summed E-state index contributed by atoms with van der Waals surface area (Å²) < 4.78 is 5.42. The van der Waals surface area contributed by atoms with Gasteiger partial charge in [-0.2, -0.15) is 0 Å². The van der Waals surface area contributed by atoms with E-state index in [2.05, 4.69) is 30.9 Å². The Morgan fingerprint density at radius 2 is 1.81 bits per heavy atom. The lowest BCUT2D eigenvalue weighted by Gasteiger charge is -2.18. The summed E-state index contributed by atoms with van der Waals surface area (Å²) in [7, 11) is 1.70. The molecule has 0 aliphatic rings. The summed E-state index contributed by atoms with van der Waals surface area (Å²) in [5, 5.41) is 3.00. The van der Waals surface area contributed by atoms with Crippen molar-refractivity contribution in [3.63, 3.8) is 0 Å². The van der Waals surface area contributed by atoms with Gasteiger partial charge < -0.3 is 9.64 Å². The Morgan fingerprint density at radius 3 is 2.50 bits per heavy atom. The van der Waals surface area contributed by atoms with Gasteiger partial charge in [-0.15, -0.1) is 24.2 Å². The molecule has 1 aromatic heterocycles. The van der Waals surface area contributed by atoms with E-state index in [4.69, 9.17) is 21.3 Å². The van der Waals surface area contributed by atoms with Crippen LogP contribution in [-0.2, 0) is 0 Å². The molecule has 0 spiro atoms. The molecule has 0 aliphatic carbocycles. The SMILES string of the molecule is CCN(CC)CCSc1c2ccc(Cl)cc2nc2ccc(OC)cc12.Cl. The monoisotopic (exact) mass is 410 g/mol. The van der Waals surface area contributed by atoms with Crippen molar-refractivity contribution in [1.82, 2.24) is 9.88 Å². The summed E-state index contributed by atoms with van der Waals surface area (Å²) in [5.41, 5.74) is 1.91. The highest BCUT2D eigenvalue weighted by atomic mass is 35.5. The Kier molecular flexibility index (Phi) is 7.84. The number of hydrogen-bond donors (Lipinski definition) is 0. The minimum absolute atomic E-state index is 0. The Labute approximate surface area is 170 Å². The number of fused-ring (bicyclic) bond motifs is 2. The fourth-order valence-electron chi connectivity index (χ4n) is 2.96. The van der Waals surface area contributed by atoms with Crippen molar-refractivity contribution in [3.05, 3.63) is 41.4 Å². The van der Waals surface area contributed by atoms with Gasteiger partial charge in [0.05, 0.1) is 18.1 Å². The first kappa shape index (κ1) is 21.1. The number of benzene rings is 2. The number of rotatable bonds is 7. The molecule has 0 saturated heterocycles. The van der Waals surface area contributed by atoms with Gasteiger partial charge in [-0.05, 0) is 43.4 Å². The molecule has 3 nitrogen and oxygen atoms in total. The van der Waals surface area contributed by atoms with E-state index in [1.165, 1.54) is 4.90 Å². The maximum atomic E-state index is 6.18. The van der Waals surface area contributed by atoms with Gasteiger partial charge in [0.2, 0.25) is 0 Å². The first-order valence-electron chi connectivity index (χ1n) is 8.58. The maximum Gasteiger partial charge on any atom is 0.119 e. The third-order valence-corrected chi connectivity index (χ3v) is 5.79. The van der Waals surface area contributed by atoms with Crippen LogP contribution in [-0.4, -0.2) is 42.4 Å². The number of pyridine rings is 1. The van der Waals surface area contributed by atoms with E-state index < -0.39 is 0 Å². The second-order valence-corrected chi connectivity index (χ2v) is 7.40. The lowest BCUT2D eigenvalue weighted by atomic mass is 10.1. The molecular weight excluding hydrogens is 387 g/mol. The van der Waals surface area contributed by atoms with Crippen LogP contribution in [0.4, 0.5) is 0 Å². The number of halogens is 2. The van der Waals surface area contributed by atoms with Crippen molar-refractivity contribution in [3.8, 4) is 5.75 Å². The normalized spacial score (nSPS) is 11.1. The maximum absolute atomic E-state index is 6.18. The molecule has 3 aromatic rings. The van der Waals surface area contributed by atoms with Crippen LogP contribution in [0.5, 0.6) is 5.75 Å². The average Bonchev–Trinajstić information content (AvgIpc) is 2.64. The van der Waals surface area contributed by atoms with Crippen molar-refractivity contribution < 1.29 is 4.74 Å². The van der Waals surface area contributed by atoms with E-state index in [0.29, 0.717) is 5.02 Å². The highest BCUT2D eigenvalue weighted by Gasteiger charge is 2.12. The number of hydrogen-bond acceptors (Lipinski definition) is 4. The largest absolute Gasteiger partial charge is 0.497 e. The second kappa shape index (κ2) is 9.65. The number of thioether (sulfide) groups is 1. The topological polar surface area (TPSA) is 25.4 Å². The van der Waals surface area contributed by atoms with Crippen molar-refractivity contribution in [1.29, 1.82) is 0 Å². The molecule has 1 heterocycles. The van der Waals surface area contributed by atoms with Crippen LogP contribution < -0.4 is 4.74 Å². The molecule has 0 bridgehead atoms. The smallest absolute Gasteiger partial charge is 0.119 e. The predicted molar refractivity (Wildman–Crippen MR) is 117 cm³/mol. The lowest BCUT2D eigenvalue weighted by Crippen LogP contribution is -2.25. The van der Waals surface area contributed by atoms with E-state index in [1.807, 2.05) is 36.0 Å². The van der Waals surface area contributed by atoms with Crippen LogP contribution in [0.3, 0.4) is 0 Å². The molecule has 0 N–H and O–H groups in total. The van der Waals surface area contributed by atoms with Gasteiger partial charge in [0, 0.05) is 33.0 Å². The van der Waals surface area contributed by atoms with Gasteiger partial charge in [0.25, 0.3) is 0 Å². The average molecular weight is 411 g/mol. The van der Waals surface area contributed by atoms with Crippen LogP contribution >= 0.6 is 35.8 Å². The Balaban J connectivity index is 0.00000243. The number of aromatic nitrogens is 1. The molecule has 2 aromatic carbocycles. The van der Waals surface area contributed by atoms with Crippen molar-refractivity contribution in [2.75, 3.05) is 32.5 Å². The van der Waals surface area contributed by atoms with E-state index in [0.717, 1.165) is 52.9 Å². The van der Waals surface area contributed by atoms with Crippen molar-refractivity contribution >= 4 is 57.6 Å². The first-order chi connectivity index (χ1) is 12.2. The van der Waals surface area contributed by atoms with Crippen molar-refractivity contribution in [2.45, 2.75) is 18.7 Å². The van der Waals surface area contributed by atoms with E-state index >= 15 is 0 Å². The third-order valence-electron chi connectivity index (χ3n) is 4.44. The van der Waals surface area contributed by atoms with Gasteiger partial charge in [-0.25, -0.2) is 4.98 Å². The Morgan fingerprint density at radius 1 is 1.04 bits per heavy atom. The number of methoxy groups -OCH3 is 1. The van der Waals surface area contributed by atoms with Gasteiger partial charge in [-0.3, -0.25) is 0 Å². The van der Waals surface area contributed by atoms with Gasteiger partial charge >= 0.3 is 0 Å². The third kappa shape index (κ3) is 4.55. The zero-order valence-electron chi connectivity index (χ0n) is 15.3. The second-order valence-electron chi connectivity index (χ2n) is 5.86. The molecule has 0 unspecified atom stereocenters. The van der Waals surface area contributed by atoms with Crippen LogP contribution in [0.15, 0.2) is 41.3 Å². The zero-order valence-corrected chi connectivity index (χ0v) is 17.7. The minimum atomic E-state index is 0. The summed E-state index contributed by atoms with van der Waals surface area (Å²) in [6.07, 6.45) is 0. The van der Waals surface area contributed by atoms with Crippen molar-refractivity contribution in [2.24, 2.45) is 0 Å². The van der Waals surface area contributed by atoms with Crippen LogP contribution in [0.1, 0.15) is 13.8 Å². The van der Waals surface area contributed by atoms with E-state index in [-0.39, 0.29) is 12.4 Å². The summed E-state index contributed by atoms with van der Waals surface area (Å²) in [6.45, 7) is 7.65. The van der Waals surface area contributed by atoms with Gasteiger partial charge in [0.1, 0.15) is 5.75 Å². The van der Waals surface area contributed by atoms with Crippen LogP contribution in [0.2, 0.25) is 5.02 Å². The molecule has 0 fully saturated rings. The summed E-state index contributed by atoms with van der Waals surface area (Å²) >= 11 is 8.06. The molecular formula is C20H24Cl2N2OS. The highest BCUT2D eigenvalue weighted by molar-refractivity contribution is 7.99.